The van der Waals surface area contributed by atoms with Crippen molar-refractivity contribution in [2.24, 2.45) is 11.3 Å². The number of nitrogens with one attached hydrogen (secondary N) is 1. The van der Waals surface area contributed by atoms with E-state index in [0.29, 0.717) is 31.5 Å². The number of rotatable bonds is 2. The molecule has 2 N–H and O–H groups in total. The fourth-order valence-electron chi connectivity index (χ4n) is 5.91. The number of amides is 2. The van der Waals surface area contributed by atoms with E-state index in [1.54, 1.807) is 4.90 Å². The largest absolute Gasteiger partial charge is 0.465 e. The SMILES string of the molecule is CCN1NC(=O)CC12CCN(C1CC3(CCN(C(=O)O)C3)C1C)CC2. The van der Waals surface area contributed by atoms with Gasteiger partial charge in [0.05, 0.1) is 5.54 Å². The maximum absolute atomic E-state index is 11.9. The van der Waals surface area contributed by atoms with E-state index in [2.05, 4.69) is 29.2 Å². The first-order valence-corrected chi connectivity index (χ1v) is 9.68. The highest BCUT2D eigenvalue weighted by molar-refractivity contribution is 5.79. The Bertz CT molecular complexity index is 575. The lowest BCUT2D eigenvalue weighted by Crippen LogP contribution is -2.63. The predicted octanol–water partition coefficient (Wildman–Crippen LogP) is 1.36. The zero-order valence-corrected chi connectivity index (χ0v) is 15.3. The summed E-state index contributed by atoms with van der Waals surface area (Å²) in [5.41, 5.74) is 3.24. The van der Waals surface area contributed by atoms with Crippen LogP contribution in [0.15, 0.2) is 0 Å². The number of nitrogens with zero attached hydrogens (tertiary/aromatic N) is 3. The van der Waals surface area contributed by atoms with Crippen LogP contribution in [0.4, 0.5) is 4.79 Å². The van der Waals surface area contributed by atoms with Gasteiger partial charge >= 0.3 is 6.09 Å². The predicted molar refractivity (Wildman–Crippen MR) is 92.9 cm³/mol. The molecule has 3 saturated heterocycles. The van der Waals surface area contributed by atoms with Crippen molar-refractivity contribution >= 4 is 12.0 Å². The Morgan fingerprint density at radius 1 is 1.28 bits per heavy atom. The van der Waals surface area contributed by atoms with Crippen molar-refractivity contribution in [2.45, 2.75) is 57.5 Å². The van der Waals surface area contributed by atoms with Crippen LogP contribution in [0.5, 0.6) is 0 Å². The van der Waals surface area contributed by atoms with Gasteiger partial charge in [-0.15, -0.1) is 0 Å². The van der Waals surface area contributed by atoms with Gasteiger partial charge in [0.15, 0.2) is 0 Å². The van der Waals surface area contributed by atoms with Crippen LogP contribution in [0.3, 0.4) is 0 Å². The highest BCUT2D eigenvalue weighted by Gasteiger charge is 2.57. The minimum absolute atomic E-state index is 0.0144. The summed E-state index contributed by atoms with van der Waals surface area (Å²) >= 11 is 0. The molecule has 2 spiro atoms. The minimum Gasteiger partial charge on any atom is -0.465 e. The lowest BCUT2D eigenvalue weighted by molar-refractivity contribution is -0.120. The Hall–Kier alpha value is -1.34. The quantitative estimate of drug-likeness (QED) is 0.786. The molecule has 3 aliphatic heterocycles. The molecule has 1 saturated carbocycles. The number of hydrogen-bond acceptors (Lipinski definition) is 4. The number of hydrazine groups is 1. The Labute approximate surface area is 149 Å². The lowest BCUT2D eigenvalue weighted by Gasteiger charge is -2.58. The van der Waals surface area contributed by atoms with E-state index in [1.807, 2.05) is 0 Å². The third kappa shape index (κ3) is 2.54. The molecule has 4 rings (SSSR count). The van der Waals surface area contributed by atoms with Crippen LogP contribution in [0.25, 0.3) is 0 Å². The van der Waals surface area contributed by atoms with Crippen LogP contribution < -0.4 is 5.43 Å². The molecule has 7 heteroatoms. The van der Waals surface area contributed by atoms with Crippen molar-refractivity contribution in [2.75, 3.05) is 32.7 Å². The zero-order chi connectivity index (χ0) is 17.8. The number of carbonyl (C=O) groups excluding carboxylic acids is 1. The van der Waals surface area contributed by atoms with Crippen LogP contribution in [0.1, 0.15) is 46.0 Å². The van der Waals surface area contributed by atoms with Gasteiger partial charge in [0.1, 0.15) is 0 Å². The van der Waals surface area contributed by atoms with E-state index >= 15 is 0 Å². The molecular weight excluding hydrogens is 320 g/mol. The second-order valence-corrected chi connectivity index (χ2v) is 8.59. The molecule has 140 valence electrons. The van der Waals surface area contributed by atoms with Gasteiger partial charge in [0, 0.05) is 45.2 Å². The molecule has 4 aliphatic rings. The second-order valence-electron chi connectivity index (χ2n) is 8.59. The normalized spacial score (nSPS) is 38.3. The van der Waals surface area contributed by atoms with Gasteiger partial charge in [-0.2, -0.15) is 0 Å². The first-order valence-electron chi connectivity index (χ1n) is 9.68. The first-order chi connectivity index (χ1) is 11.9. The van der Waals surface area contributed by atoms with Crippen molar-refractivity contribution < 1.29 is 14.7 Å². The molecule has 3 unspecified atom stereocenters. The summed E-state index contributed by atoms with van der Waals surface area (Å²) in [6, 6.07) is 0.575. The van der Waals surface area contributed by atoms with Gasteiger partial charge in [-0.25, -0.2) is 9.80 Å². The van der Waals surface area contributed by atoms with Crippen molar-refractivity contribution in [3.63, 3.8) is 0 Å². The number of carbonyl (C=O) groups is 2. The van der Waals surface area contributed by atoms with Gasteiger partial charge in [0.25, 0.3) is 0 Å². The smallest absolute Gasteiger partial charge is 0.407 e. The standard InChI is InChI=1S/C18H30N4O3/c1-3-22-18(11-15(23)19-22)5-8-20(9-6-18)14-10-17(13(14)2)4-7-21(12-17)16(24)25/h13-14H,3-12H2,1-2H3,(H,19,23)(H,24,25). The van der Waals surface area contributed by atoms with E-state index in [9.17, 15) is 14.7 Å². The van der Waals surface area contributed by atoms with E-state index in [4.69, 9.17) is 0 Å². The molecule has 2 amide bonds. The van der Waals surface area contributed by atoms with Crippen LogP contribution >= 0.6 is 0 Å². The molecule has 0 aromatic carbocycles. The summed E-state index contributed by atoms with van der Waals surface area (Å²) < 4.78 is 0. The molecule has 0 radical (unpaired) electrons. The molecule has 4 fully saturated rings. The topological polar surface area (TPSA) is 76.1 Å². The van der Waals surface area contributed by atoms with Crippen molar-refractivity contribution in [3.8, 4) is 0 Å². The number of carboxylic acid groups (broad SMARTS) is 1. The van der Waals surface area contributed by atoms with Crippen LogP contribution in [-0.2, 0) is 4.79 Å². The molecule has 25 heavy (non-hydrogen) atoms. The van der Waals surface area contributed by atoms with Gasteiger partial charge in [-0.1, -0.05) is 13.8 Å². The number of piperidine rings is 1. The van der Waals surface area contributed by atoms with Crippen LogP contribution in [0, 0.1) is 11.3 Å². The molecule has 3 atom stereocenters. The Kier molecular flexibility index (Phi) is 3.99. The van der Waals surface area contributed by atoms with Crippen molar-refractivity contribution in [1.82, 2.24) is 20.2 Å². The van der Waals surface area contributed by atoms with E-state index < -0.39 is 6.09 Å². The lowest BCUT2D eigenvalue weighted by atomic mass is 9.56. The van der Waals surface area contributed by atoms with Gasteiger partial charge in [-0.05, 0) is 37.0 Å². The highest BCUT2D eigenvalue weighted by Crippen LogP contribution is 2.55. The molecule has 1 aliphatic carbocycles. The van der Waals surface area contributed by atoms with Gasteiger partial charge in [-0.3, -0.25) is 15.1 Å². The number of likely N-dealkylation sites (tertiary alicyclic amines) is 2. The summed E-state index contributed by atoms with van der Waals surface area (Å²) in [6.07, 6.45) is 4.07. The molecule has 3 heterocycles. The molecule has 7 nitrogen and oxygen atoms in total. The Balaban J connectivity index is 1.35. The summed E-state index contributed by atoms with van der Waals surface area (Å²) in [4.78, 5) is 27.3. The van der Waals surface area contributed by atoms with Gasteiger partial charge in [0.2, 0.25) is 5.91 Å². The third-order valence-corrected chi connectivity index (χ3v) is 7.65. The average molecular weight is 350 g/mol. The summed E-state index contributed by atoms with van der Waals surface area (Å²) in [5.74, 6) is 0.711. The molecule has 0 aromatic rings. The molecule has 0 aromatic heterocycles. The highest BCUT2D eigenvalue weighted by atomic mass is 16.4. The van der Waals surface area contributed by atoms with E-state index in [0.717, 1.165) is 45.3 Å². The Morgan fingerprint density at radius 2 is 2.00 bits per heavy atom. The first kappa shape index (κ1) is 17.1. The fourth-order valence-corrected chi connectivity index (χ4v) is 5.91. The maximum Gasteiger partial charge on any atom is 0.407 e. The van der Waals surface area contributed by atoms with Crippen LogP contribution in [0.2, 0.25) is 0 Å². The third-order valence-electron chi connectivity index (χ3n) is 7.65. The second kappa shape index (κ2) is 5.84. The van der Waals surface area contributed by atoms with Crippen LogP contribution in [-0.4, -0.2) is 76.2 Å². The van der Waals surface area contributed by atoms with Crippen molar-refractivity contribution in [1.29, 1.82) is 0 Å². The fraction of sp³-hybridized carbons (Fsp3) is 0.889. The summed E-state index contributed by atoms with van der Waals surface area (Å²) in [6.45, 7) is 8.75. The van der Waals surface area contributed by atoms with E-state index in [-0.39, 0.29) is 16.9 Å². The maximum atomic E-state index is 11.9. The minimum atomic E-state index is -0.773. The summed E-state index contributed by atoms with van der Waals surface area (Å²) in [7, 11) is 0. The molecule has 0 bridgehead atoms. The zero-order valence-electron chi connectivity index (χ0n) is 15.3. The van der Waals surface area contributed by atoms with Gasteiger partial charge < -0.3 is 10.0 Å². The van der Waals surface area contributed by atoms with Crippen molar-refractivity contribution in [3.05, 3.63) is 0 Å². The summed E-state index contributed by atoms with van der Waals surface area (Å²) in [5, 5.41) is 11.4. The Morgan fingerprint density at radius 3 is 2.56 bits per heavy atom. The molecular formula is C18H30N4O3. The number of hydrogen-bond donors (Lipinski definition) is 2. The van der Waals surface area contributed by atoms with E-state index in [1.165, 1.54) is 0 Å². The average Bonchev–Trinajstić information content (AvgIpc) is 3.17. The monoisotopic (exact) mass is 350 g/mol.